The minimum Gasteiger partial charge on any atom is -0.507 e. The zero-order valence-corrected chi connectivity index (χ0v) is 15.5. The first kappa shape index (κ1) is 18.3. The molecule has 1 aliphatic rings. The second-order valence-electron chi connectivity index (χ2n) is 6.31. The van der Waals surface area contributed by atoms with Gasteiger partial charge in [0.25, 0.3) is 0 Å². The van der Waals surface area contributed by atoms with Crippen LogP contribution in [-0.4, -0.2) is 40.7 Å². The van der Waals surface area contributed by atoms with Gasteiger partial charge in [-0.25, -0.2) is 4.39 Å². The van der Waals surface area contributed by atoms with Crippen molar-refractivity contribution in [2.24, 2.45) is 5.73 Å². The average Bonchev–Trinajstić information content (AvgIpc) is 2.90. The van der Waals surface area contributed by atoms with Gasteiger partial charge in [0.15, 0.2) is 0 Å². The van der Waals surface area contributed by atoms with Crippen LogP contribution in [0.25, 0.3) is 11.8 Å². The summed E-state index contributed by atoms with van der Waals surface area (Å²) in [6.07, 6.45) is 1.56. The second-order valence-corrected chi connectivity index (χ2v) is 7.10. The van der Waals surface area contributed by atoms with E-state index in [0.717, 1.165) is 6.41 Å². The van der Waals surface area contributed by atoms with Gasteiger partial charge in [-0.3, -0.25) is 4.79 Å². The molecule has 138 valence electrons. The molecule has 2 unspecified atom stereocenters. The van der Waals surface area contributed by atoms with E-state index in [1.54, 1.807) is 35.2 Å². The van der Waals surface area contributed by atoms with Crippen molar-refractivity contribution in [2.45, 2.75) is 18.5 Å². The molecule has 1 aromatic heterocycles. The zero-order valence-electron chi connectivity index (χ0n) is 14.0. The van der Waals surface area contributed by atoms with Gasteiger partial charge in [0.1, 0.15) is 17.7 Å². The van der Waals surface area contributed by atoms with Crippen molar-refractivity contribution in [1.82, 2.24) is 9.88 Å². The molecule has 1 amide bonds. The summed E-state index contributed by atoms with van der Waals surface area (Å²) in [6.45, 7) is 0.684. The van der Waals surface area contributed by atoms with Crippen LogP contribution in [-0.2, 0) is 4.79 Å². The van der Waals surface area contributed by atoms with Gasteiger partial charge in [0.2, 0.25) is 6.41 Å². The zero-order chi connectivity index (χ0) is 18.8. The van der Waals surface area contributed by atoms with E-state index in [0.29, 0.717) is 39.4 Å². The molecule has 1 saturated heterocycles. The molecule has 2 aromatic rings. The number of alkyl halides is 1. The Balaban J connectivity index is 1.97. The van der Waals surface area contributed by atoms with Crippen LogP contribution in [0.2, 0.25) is 0 Å². The van der Waals surface area contributed by atoms with Gasteiger partial charge in [-0.15, -0.1) is 0 Å². The predicted molar refractivity (Wildman–Crippen MR) is 103 cm³/mol. The first-order valence-electron chi connectivity index (χ1n) is 8.18. The Morgan fingerprint density at radius 2 is 2.15 bits per heavy atom. The lowest BCUT2D eigenvalue weighted by atomic mass is 9.93. The van der Waals surface area contributed by atoms with E-state index >= 15 is 0 Å². The Labute approximate surface area is 158 Å². The number of rotatable bonds is 4. The molecule has 0 bridgehead atoms. The first-order chi connectivity index (χ1) is 12.4. The lowest BCUT2D eigenvalue weighted by molar-refractivity contribution is -0.119. The van der Waals surface area contributed by atoms with Crippen LogP contribution in [0, 0.1) is 0 Å². The van der Waals surface area contributed by atoms with Crippen LogP contribution in [0.1, 0.15) is 29.2 Å². The molecule has 1 aromatic carbocycles. The largest absolute Gasteiger partial charge is 0.507 e. The number of nitrogens with two attached hydrogens (primary N) is 2. The van der Waals surface area contributed by atoms with Gasteiger partial charge >= 0.3 is 0 Å². The number of phenolic OH excluding ortho intramolecular Hbond substituents is 1. The first-order valence-corrected chi connectivity index (χ1v) is 8.97. The number of nitrogen functional groups attached to an aromatic ring is 1. The number of halogens is 2. The number of likely N-dealkylation sites (tertiary alicyclic amines) is 1. The summed E-state index contributed by atoms with van der Waals surface area (Å²) in [5.74, 6) is -0.107. The van der Waals surface area contributed by atoms with Crippen molar-refractivity contribution >= 4 is 39.9 Å². The van der Waals surface area contributed by atoms with Gasteiger partial charge in [0.05, 0.1) is 0 Å². The van der Waals surface area contributed by atoms with Crippen LogP contribution in [0.15, 0.2) is 28.7 Å². The molecule has 1 fully saturated rings. The molecule has 0 radical (unpaired) electrons. The molecule has 3 rings (SSSR count). The van der Waals surface area contributed by atoms with E-state index in [4.69, 9.17) is 11.5 Å². The third-order valence-corrected chi connectivity index (χ3v) is 5.48. The third kappa shape index (κ3) is 3.41. The summed E-state index contributed by atoms with van der Waals surface area (Å²) in [4.78, 5) is 15.6. The summed E-state index contributed by atoms with van der Waals surface area (Å²) in [5.41, 5.74) is 14.2. The number of carbonyl (C=O) groups is 1. The van der Waals surface area contributed by atoms with Crippen LogP contribution < -0.4 is 11.5 Å². The summed E-state index contributed by atoms with van der Waals surface area (Å²) < 4.78 is 15.1. The topological polar surface area (TPSA) is 108 Å². The van der Waals surface area contributed by atoms with Crippen LogP contribution in [0.3, 0.4) is 0 Å². The van der Waals surface area contributed by atoms with Crippen LogP contribution in [0.5, 0.6) is 5.75 Å². The highest BCUT2D eigenvalue weighted by atomic mass is 79.9. The number of aromatic hydroxyl groups is 1. The number of para-hydroxylation sites is 1. The Kier molecular flexibility index (Phi) is 5.22. The minimum atomic E-state index is -1.08. The standard InChI is InChI=1S/C18H20BrFN4O2/c19-16-11(7-14(21)10-3-1-2-4-15(10)26)18(22)23-17(16)12-8-24(9-25)6-5-13(12)20/h1-4,7,9,12-13,23,26H,5-6,8,21-22H2/b14-7-. The molecular weight excluding hydrogens is 403 g/mol. The summed E-state index contributed by atoms with van der Waals surface area (Å²) in [5, 5.41) is 9.94. The van der Waals surface area contributed by atoms with Gasteiger partial charge in [-0.1, -0.05) is 12.1 Å². The molecule has 6 N–H and O–H groups in total. The highest BCUT2D eigenvalue weighted by Crippen LogP contribution is 2.38. The monoisotopic (exact) mass is 422 g/mol. The molecule has 2 atom stereocenters. The number of piperidine rings is 1. The number of hydrogen-bond donors (Lipinski definition) is 4. The summed E-state index contributed by atoms with van der Waals surface area (Å²) >= 11 is 3.48. The second kappa shape index (κ2) is 7.41. The maximum Gasteiger partial charge on any atom is 0.209 e. The lowest BCUT2D eigenvalue weighted by Gasteiger charge is -2.32. The fraction of sp³-hybridized carbons (Fsp3) is 0.278. The summed E-state index contributed by atoms with van der Waals surface area (Å²) in [7, 11) is 0. The lowest BCUT2D eigenvalue weighted by Crippen LogP contribution is -2.39. The van der Waals surface area contributed by atoms with E-state index in [-0.39, 0.29) is 18.7 Å². The van der Waals surface area contributed by atoms with Crippen molar-refractivity contribution in [3.63, 3.8) is 0 Å². The maximum absolute atomic E-state index is 14.4. The molecule has 0 saturated carbocycles. The minimum absolute atomic E-state index is 0.0597. The number of hydrogen-bond acceptors (Lipinski definition) is 4. The van der Waals surface area contributed by atoms with Gasteiger partial charge < -0.3 is 26.5 Å². The number of nitrogens with one attached hydrogen (secondary N) is 1. The number of aromatic nitrogens is 1. The number of phenols is 1. The van der Waals surface area contributed by atoms with Gasteiger partial charge in [-0.05, 0) is 40.6 Å². The number of anilines is 1. The molecule has 1 aliphatic heterocycles. The SMILES string of the molecule is N/C(=C\c1c(N)[nH]c(C2CN(C=O)CCC2F)c1Br)c1ccccc1O. The molecule has 8 heteroatoms. The highest BCUT2D eigenvalue weighted by molar-refractivity contribution is 9.10. The van der Waals surface area contributed by atoms with Crippen LogP contribution in [0.4, 0.5) is 10.2 Å². The van der Waals surface area contributed by atoms with E-state index in [1.807, 2.05) is 0 Å². The van der Waals surface area contributed by atoms with E-state index in [1.165, 1.54) is 0 Å². The smallest absolute Gasteiger partial charge is 0.209 e. The number of amides is 1. The Morgan fingerprint density at radius 3 is 2.85 bits per heavy atom. The molecule has 0 spiro atoms. The molecule has 26 heavy (non-hydrogen) atoms. The number of carbonyl (C=O) groups excluding carboxylic acids is 1. The third-order valence-electron chi connectivity index (χ3n) is 4.63. The van der Waals surface area contributed by atoms with Crippen molar-refractivity contribution in [3.8, 4) is 5.75 Å². The Hall–Kier alpha value is -2.48. The highest BCUT2D eigenvalue weighted by Gasteiger charge is 2.33. The molecule has 0 aliphatic carbocycles. The fourth-order valence-corrected chi connectivity index (χ4v) is 3.92. The van der Waals surface area contributed by atoms with Gasteiger partial charge in [0, 0.05) is 46.0 Å². The van der Waals surface area contributed by atoms with Crippen molar-refractivity contribution in [2.75, 3.05) is 18.8 Å². The fourth-order valence-electron chi connectivity index (χ4n) is 3.19. The number of nitrogens with zero attached hydrogens (tertiary/aromatic N) is 1. The quantitative estimate of drug-likeness (QED) is 0.567. The van der Waals surface area contributed by atoms with E-state index in [9.17, 15) is 14.3 Å². The van der Waals surface area contributed by atoms with Gasteiger partial charge in [-0.2, -0.15) is 0 Å². The normalized spacial score (nSPS) is 21.0. The molecular formula is C18H20BrFN4O2. The summed E-state index contributed by atoms with van der Waals surface area (Å²) in [6, 6.07) is 6.70. The van der Waals surface area contributed by atoms with E-state index < -0.39 is 12.1 Å². The predicted octanol–water partition coefficient (Wildman–Crippen LogP) is 2.81. The molecule has 2 heterocycles. The Morgan fingerprint density at radius 1 is 1.42 bits per heavy atom. The van der Waals surface area contributed by atoms with Crippen molar-refractivity contribution in [3.05, 3.63) is 45.6 Å². The average molecular weight is 423 g/mol. The van der Waals surface area contributed by atoms with Crippen molar-refractivity contribution in [1.29, 1.82) is 0 Å². The van der Waals surface area contributed by atoms with Crippen LogP contribution >= 0.6 is 15.9 Å². The number of benzene rings is 1. The Bertz CT molecular complexity index is 852. The number of aromatic amines is 1. The maximum atomic E-state index is 14.4. The number of H-pyrrole nitrogens is 1. The molecule has 6 nitrogen and oxygen atoms in total. The van der Waals surface area contributed by atoms with E-state index in [2.05, 4.69) is 20.9 Å². The van der Waals surface area contributed by atoms with Crippen molar-refractivity contribution < 1.29 is 14.3 Å².